The number of nitrogens with zero attached hydrogens (tertiary/aromatic N) is 1. The topological polar surface area (TPSA) is 49.4 Å². The molecule has 2 fully saturated rings. The Morgan fingerprint density at radius 2 is 1.80 bits per heavy atom. The highest BCUT2D eigenvalue weighted by atomic mass is 32.2. The second kappa shape index (κ2) is 7.23. The third-order valence-corrected chi connectivity index (χ3v) is 7.25. The van der Waals surface area contributed by atoms with Crippen LogP contribution in [-0.4, -0.2) is 43.6 Å². The fourth-order valence-electron chi connectivity index (χ4n) is 3.50. The molecule has 20 heavy (non-hydrogen) atoms. The van der Waals surface area contributed by atoms with Gasteiger partial charge in [-0.25, -0.2) is 8.42 Å². The summed E-state index contributed by atoms with van der Waals surface area (Å²) < 4.78 is 27.6. The maximum absolute atomic E-state index is 12.9. The normalized spacial score (nSPS) is 26.3. The summed E-state index contributed by atoms with van der Waals surface area (Å²) in [7, 11) is -3.12. The molecule has 1 heterocycles. The molecule has 2 rings (SSSR count). The molecular weight excluding hydrogens is 272 g/mol. The second-order valence-corrected chi connectivity index (χ2v) is 8.85. The van der Waals surface area contributed by atoms with Crippen LogP contribution in [0.15, 0.2) is 0 Å². The Balaban J connectivity index is 2.05. The quantitative estimate of drug-likeness (QED) is 0.848. The van der Waals surface area contributed by atoms with Crippen LogP contribution in [0, 0.1) is 5.92 Å². The predicted octanol–water partition coefficient (Wildman–Crippen LogP) is 2.36. The molecule has 0 amide bonds. The molecule has 0 bridgehead atoms. The Hall–Kier alpha value is -0.130. The summed E-state index contributed by atoms with van der Waals surface area (Å²) >= 11 is 0. The van der Waals surface area contributed by atoms with Crippen LogP contribution >= 0.6 is 0 Å². The Labute approximate surface area is 124 Å². The highest BCUT2D eigenvalue weighted by molar-refractivity contribution is 7.89. The van der Waals surface area contributed by atoms with Crippen LogP contribution in [0.25, 0.3) is 0 Å². The van der Waals surface area contributed by atoms with Gasteiger partial charge in [0, 0.05) is 12.6 Å². The molecule has 118 valence electrons. The molecule has 0 radical (unpaired) electrons. The van der Waals surface area contributed by atoms with Crippen molar-refractivity contribution in [1.82, 2.24) is 9.62 Å². The van der Waals surface area contributed by atoms with Gasteiger partial charge in [-0.2, -0.15) is 4.31 Å². The first-order valence-electron chi connectivity index (χ1n) is 8.23. The van der Waals surface area contributed by atoms with E-state index < -0.39 is 10.0 Å². The zero-order chi connectivity index (χ0) is 14.6. The van der Waals surface area contributed by atoms with Gasteiger partial charge in [-0.05, 0) is 58.5 Å². The van der Waals surface area contributed by atoms with E-state index in [0.29, 0.717) is 12.5 Å². The van der Waals surface area contributed by atoms with Crippen molar-refractivity contribution in [1.29, 1.82) is 0 Å². The Bertz CT molecular complexity index is 383. The summed E-state index contributed by atoms with van der Waals surface area (Å²) in [6, 6.07) is 0.0730. The van der Waals surface area contributed by atoms with Crippen molar-refractivity contribution in [2.45, 2.75) is 70.1 Å². The van der Waals surface area contributed by atoms with Crippen LogP contribution in [0.5, 0.6) is 0 Å². The first kappa shape index (κ1) is 16.2. The molecule has 0 aromatic heterocycles. The minimum absolute atomic E-state index is 0.0730. The van der Waals surface area contributed by atoms with Crippen LogP contribution in [0.1, 0.15) is 58.8 Å². The van der Waals surface area contributed by atoms with Gasteiger partial charge in [0.1, 0.15) is 0 Å². The predicted molar refractivity (Wildman–Crippen MR) is 83.2 cm³/mol. The van der Waals surface area contributed by atoms with Crippen molar-refractivity contribution < 1.29 is 8.42 Å². The highest BCUT2D eigenvalue weighted by Gasteiger charge is 2.35. The van der Waals surface area contributed by atoms with Gasteiger partial charge in [-0.1, -0.05) is 19.3 Å². The summed E-state index contributed by atoms with van der Waals surface area (Å²) in [6.45, 7) is 6.76. The fourth-order valence-corrected chi connectivity index (χ4v) is 5.82. The molecule has 2 aliphatic rings. The zero-order valence-electron chi connectivity index (χ0n) is 13.0. The molecule has 1 unspecified atom stereocenters. The van der Waals surface area contributed by atoms with Crippen molar-refractivity contribution in [3.8, 4) is 0 Å². The van der Waals surface area contributed by atoms with E-state index in [1.165, 1.54) is 12.8 Å². The van der Waals surface area contributed by atoms with Crippen molar-refractivity contribution >= 4 is 10.0 Å². The van der Waals surface area contributed by atoms with E-state index in [1.807, 2.05) is 13.8 Å². The number of rotatable bonds is 5. The lowest BCUT2D eigenvalue weighted by molar-refractivity contribution is 0.259. The molecular formula is C15H30N2O2S. The van der Waals surface area contributed by atoms with E-state index in [0.717, 1.165) is 45.2 Å². The molecule has 0 spiro atoms. The lowest BCUT2D eigenvalue weighted by Gasteiger charge is -2.35. The molecule has 1 aliphatic carbocycles. The van der Waals surface area contributed by atoms with Crippen LogP contribution in [0.4, 0.5) is 0 Å². The molecule has 1 aliphatic heterocycles. The number of piperidine rings is 1. The third kappa shape index (κ3) is 3.95. The van der Waals surface area contributed by atoms with E-state index in [4.69, 9.17) is 0 Å². The molecule has 0 aromatic rings. The van der Waals surface area contributed by atoms with E-state index in [1.54, 1.807) is 4.31 Å². The van der Waals surface area contributed by atoms with Gasteiger partial charge in [0.2, 0.25) is 10.0 Å². The largest absolute Gasteiger partial charge is 0.316 e. The van der Waals surface area contributed by atoms with Gasteiger partial charge in [0.15, 0.2) is 0 Å². The van der Waals surface area contributed by atoms with Crippen molar-refractivity contribution in [3.63, 3.8) is 0 Å². The van der Waals surface area contributed by atoms with Gasteiger partial charge in [-0.3, -0.25) is 0 Å². The summed E-state index contributed by atoms with van der Waals surface area (Å²) in [6.07, 6.45) is 7.36. The lowest BCUT2D eigenvalue weighted by Crippen LogP contribution is -2.48. The van der Waals surface area contributed by atoms with E-state index in [-0.39, 0.29) is 11.3 Å². The molecule has 5 heteroatoms. The Morgan fingerprint density at radius 1 is 1.10 bits per heavy atom. The van der Waals surface area contributed by atoms with Gasteiger partial charge in [0.05, 0.1) is 5.25 Å². The molecule has 4 nitrogen and oxygen atoms in total. The van der Waals surface area contributed by atoms with Crippen LogP contribution in [-0.2, 0) is 10.0 Å². The summed E-state index contributed by atoms with van der Waals surface area (Å²) in [4.78, 5) is 0. The number of hydrogen-bond acceptors (Lipinski definition) is 3. The average molecular weight is 302 g/mol. The minimum Gasteiger partial charge on any atom is -0.316 e. The fraction of sp³-hybridized carbons (Fsp3) is 1.00. The lowest BCUT2D eigenvalue weighted by atomic mass is 9.99. The summed E-state index contributed by atoms with van der Waals surface area (Å²) in [5.74, 6) is 0.476. The number of hydrogen-bond donors (Lipinski definition) is 1. The van der Waals surface area contributed by atoms with Gasteiger partial charge >= 0.3 is 0 Å². The molecule has 1 saturated heterocycles. The second-order valence-electron chi connectivity index (χ2n) is 6.68. The van der Waals surface area contributed by atoms with Crippen molar-refractivity contribution in [3.05, 3.63) is 0 Å². The van der Waals surface area contributed by atoms with E-state index >= 15 is 0 Å². The zero-order valence-corrected chi connectivity index (χ0v) is 13.8. The summed E-state index contributed by atoms with van der Waals surface area (Å²) in [5, 5.41) is 3.26. The Kier molecular flexibility index (Phi) is 5.87. The number of sulfonamides is 1. The van der Waals surface area contributed by atoms with Crippen molar-refractivity contribution in [2.75, 3.05) is 19.6 Å². The van der Waals surface area contributed by atoms with Gasteiger partial charge < -0.3 is 5.32 Å². The first-order chi connectivity index (χ1) is 9.51. The third-order valence-electron chi connectivity index (χ3n) is 4.71. The first-order valence-corrected chi connectivity index (χ1v) is 9.73. The Morgan fingerprint density at radius 3 is 2.35 bits per heavy atom. The van der Waals surface area contributed by atoms with Crippen LogP contribution in [0.3, 0.4) is 0 Å². The van der Waals surface area contributed by atoms with Crippen molar-refractivity contribution in [2.24, 2.45) is 5.92 Å². The van der Waals surface area contributed by atoms with Gasteiger partial charge in [0.25, 0.3) is 0 Å². The minimum atomic E-state index is -3.12. The van der Waals surface area contributed by atoms with Crippen LogP contribution in [0.2, 0.25) is 0 Å². The summed E-state index contributed by atoms with van der Waals surface area (Å²) in [5.41, 5.74) is 0. The smallest absolute Gasteiger partial charge is 0.217 e. The molecule has 1 atom stereocenters. The SMILES string of the molecule is CC(C)N(CC1CCCNC1)S(=O)(=O)C1CCCCC1. The standard InChI is InChI=1S/C15H30N2O2S/c1-13(2)17(12-14-7-6-10-16-11-14)20(18,19)15-8-4-3-5-9-15/h13-16H,3-12H2,1-2H3. The van der Waals surface area contributed by atoms with Crippen LogP contribution < -0.4 is 5.32 Å². The number of nitrogens with one attached hydrogen (secondary N) is 1. The average Bonchev–Trinajstić information content (AvgIpc) is 2.46. The molecule has 1 N–H and O–H groups in total. The monoisotopic (exact) mass is 302 g/mol. The molecule has 1 saturated carbocycles. The highest BCUT2D eigenvalue weighted by Crippen LogP contribution is 2.28. The van der Waals surface area contributed by atoms with E-state index in [2.05, 4.69) is 5.32 Å². The van der Waals surface area contributed by atoms with E-state index in [9.17, 15) is 8.42 Å². The maximum atomic E-state index is 12.9. The molecule has 0 aromatic carbocycles. The maximum Gasteiger partial charge on any atom is 0.217 e. The van der Waals surface area contributed by atoms with Gasteiger partial charge in [-0.15, -0.1) is 0 Å².